The summed E-state index contributed by atoms with van der Waals surface area (Å²) in [7, 11) is 0. The third-order valence-corrected chi connectivity index (χ3v) is 7.34. The second-order valence-corrected chi connectivity index (χ2v) is 9.85. The van der Waals surface area contributed by atoms with Gasteiger partial charge in [0.05, 0.1) is 11.1 Å². The Kier molecular flexibility index (Phi) is 7.98. The number of alkyl halides is 1. The molecule has 1 aromatic carbocycles. The molecule has 180 valence electrons. The molecule has 3 amide bonds. The summed E-state index contributed by atoms with van der Waals surface area (Å²) < 4.78 is 0.626. The van der Waals surface area contributed by atoms with Crippen molar-refractivity contribution in [3.63, 3.8) is 0 Å². The molecule has 34 heavy (non-hydrogen) atoms. The van der Waals surface area contributed by atoms with Gasteiger partial charge in [-0.05, 0) is 56.0 Å². The van der Waals surface area contributed by atoms with Gasteiger partial charge in [0, 0.05) is 58.1 Å². The number of carbonyl (C=O) groups excluding carboxylic acids is 3. The molecule has 1 aromatic heterocycles. The third-order valence-electron chi connectivity index (χ3n) is 6.34. The average molecular weight is 595 g/mol. The molecule has 9 heteroatoms. The third kappa shape index (κ3) is 5.33. The number of likely N-dealkylation sites (tertiary alicyclic amines) is 1. The highest BCUT2D eigenvalue weighted by Gasteiger charge is 2.26. The first kappa shape index (κ1) is 24.8. The van der Waals surface area contributed by atoms with Gasteiger partial charge in [-0.3, -0.25) is 14.4 Å². The number of nitrogens with one attached hydrogen (secondary N) is 3. The van der Waals surface area contributed by atoms with Crippen LogP contribution in [0.4, 0.5) is 5.69 Å². The molecule has 0 spiro atoms. The number of aromatic nitrogens is 1. The highest BCUT2D eigenvalue weighted by atomic mass is 127. The Morgan fingerprint density at radius 2 is 2.09 bits per heavy atom. The van der Waals surface area contributed by atoms with Crippen molar-refractivity contribution < 1.29 is 14.4 Å². The van der Waals surface area contributed by atoms with Crippen molar-refractivity contribution in [1.29, 1.82) is 0 Å². The first-order valence-electron chi connectivity index (χ1n) is 11.6. The van der Waals surface area contributed by atoms with Gasteiger partial charge in [-0.1, -0.05) is 40.6 Å². The normalized spacial score (nSPS) is 17.0. The van der Waals surface area contributed by atoms with Crippen LogP contribution >= 0.6 is 34.2 Å². The predicted octanol–water partition coefficient (Wildman–Crippen LogP) is 4.93. The largest absolute Gasteiger partial charge is 0.357 e. The van der Waals surface area contributed by atoms with Crippen LogP contribution in [0.25, 0.3) is 11.6 Å². The molecule has 0 unspecified atom stereocenters. The monoisotopic (exact) mass is 594 g/mol. The molecule has 2 aliphatic heterocycles. The summed E-state index contributed by atoms with van der Waals surface area (Å²) in [6.45, 7) is 3.86. The number of carbonyl (C=O) groups is 3. The molecular formula is C25H28ClIN4O3. The van der Waals surface area contributed by atoms with Gasteiger partial charge in [0.2, 0.25) is 5.91 Å². The van der Waals surface area contributed by atoms with Crippen molar-refractivity contribution in [2.75, 3.05) is 25.0 Å². The molecule has 0 aliphatic carbocycles. The minimum atomic E-state index is -0.198. The molecule has 3 heterocycles. The molecule has 1 fully saturated rings. The second kappa shape index (κ2) is 10.9. The topological polar surface area (TPSA) is 94.3 Å². The van der Waals surface area contributed by atoms with Crippen LogP contribution < -0.4 is 10.6 Å². The SMILES string of the molecule is Cc1c(/C=C2\C(=O)Nc3ccc(Cl)cc32)[nH]c(CI)c1C(=O)NCCCN1CCCCCC1=O. The predicted molar refractivity (Wildman–Crippen MR) is 143 cm³/mol. The number of aromatic amines is 1. The van der Waals surface area contributed by atoms with Crippen molar-refractivity contribution in [2.24, 2.45) is 0 Å². The van der Waals surface area contributed by atoms with E-state index in [4.69, 9.17) is 11.6 Å². The summed E-state index contributed by atoms with van der Waals surface area (Å²) in [6, 6.07) is 5.29. The van der Waals surface area contributed by atoms with Crippen LogP contribution in [0, 0.1) is 6.92 Å². The molecular weight excluding hydrogens is 567 g/mol. The maximum atomic E-state index is 13.0. The number of hydrogen-bond donors (Lipinski definition) is 3. The lowest BCUT2D eigenvalue weighted by Crippen LogP contribution is -2.34. The second-order valence-electron chi connectivity index (χ2n) is 8.65. The molecule has 3 N–H and O–H groups in total. The molecule has 0 saturated carbocycles. The molecule has 4 rings (SSSR count). The van der Waals surface area contributed by atoms with Crippen molar-refractivity contribution in [2.45, 2.75) is 43.5 Å². The van der Waals surface area contributed by atoms with Gasteiger partial charge in [-0.2, -0.15) is 0 Å². The first-order valence-corrected chi connectivity index (χ1v) is 13.5. The molecule has 0 radical (unpaired) electrons. The quantitative estimate of drug-likeness (QED) is 0.184. The van der Waals surface area contributed by atoms with Crippen LogP contribution in [0.3, 0.4) is 0 Å². The number of fused-ring (bicyclic) bond motifs is 1. The Labute approximate surface area is 217 Å². The number of amides is 3. The van der Waals surface area contributed by atoms with E-state index in [1.165, 1.54) is 0 Å². The summed E-state index contributed by atoms with van der Waals surface area (Å²) in [5.74, 6) is -0.128. The summed E-state index contributed by atoms with van der Waals surface area (Å²) in [5, 5.41) is 6.41. The summed E-state index contributed by atoms with van der Waals surface area (Å²) >= 11 is 8.36. The fourth-order valence-corrected chi connectivity index (χ4v) is 5.26. The number of H-pyrrole nitrogens is 1. The number of hydrogen-bond acceptors (Lipinski definition) is 3. The zero-order chi connectivity index (χ0) is 24.2. The van der Waals surface area contributed by atoms with Gasteiger partial charge < -0.3 is 20.5 Å². The van der Waals surface area contributed by atoms with Crippen LogP contribution in [0.2, 0.25) is 5.02 Å². The van der Waals surface area contributed by atoms with Crippen LogP contribution in [0.1, 0.15) is 65.0 Å². The van der Waals surface area contributed by atoms with E-state index in [0.29, 0.717) is 40.1 Å². The minimum absolute atomic E-state index is 0.147. The minimum Gasteiger partial charge on any atom is -0.357 e. The van der Waals surface area contributed by atoms with E-state index >= 15 is 0 Å². The van der Waals surface area contributed by atoms with E-state index in [0.717, 1.165) is 60.4 Å². The zero-order valence-electron chi connectivity index (χ0n) is 19.1. The molecule has 1 saturated heterocycles. The van der Waals surface area contributed by atoms with Crippen LogP contribution in [0.5, 0.6) is 0 Å². The van der Waals surface area contributed by atoms with Gasteiger partial charge >= 0.3 is 0 Å². The molecule has 7 nitrogen and oxygen atoms in total. The molecule has 0 atom stereocenters. The Balaban J connectivity index is 1.46. The molecule has 0 bridgehead atoms. The van der Waals surface area contributed by atoms with Gasteiger partial charge in [0.15, 0.2) is 0 Å². The number of nitrogens with zero attached hydrogens (tertiary/aromatic N) is 1. The lowest BCUT2D eigenvalue weighted by atomic mass is 10.0. The van der Waals surface area contributed by atoms with Gasteiger partial charge in [0.25, 0.3) is 11.8 Å². The van der Waals surface area contributed by atoms with E-state index in [-0.39, 0.29) is 17.7 Å². The Morgan fingerprint density at radius 1 is 1.26 bits per heavy atom. The van der Waals surface area contributed by atoms with Gasteiger partial charge in [0.1, 0.15) is 0 Å². The highest BCUT2D eigenvalue weighted by molar-refractivity contribution is 14.1. The summed E-state index contributed by atoms with van der Waals surface area (Å²) in [6.07, 6.45) is 6.24. The van der Waals surface area contributed by atoms with E-state index in [2.05, 4.69) is 38.2 Å². The van der Waals surface area contributed by atoms with Crippen molar-refractivity contribution in [3.05, 3.63) is 51.3 Å². The standard InChI is InChI=1S/C25H28ClIN4O3/c1-15-20(13-18-17-12-16(26)7-8-19(17)30-24(18)33)29-21(14-27)23(15)25(34)28-9-5-11-31-10-4-2-3-6-22(31)32/h7-8,12-13,29H,2-6,9-11,14H2,1H3,(H,28,34)(H,30,33)/b18-13-. The maximum absolute atomic E-state index is 13.0. The first-order chi connectivity index (χ1) is 16.4. The van der Waals surface area contributed by atoms with Gasteiger partial charge in [-0.15, -0.1) is 0 Å². The smallest absolute Gasteiger partial charge is 0.256 e. The van der Waals surface area contributed by atoms with Crippen LogP contribution in [-0.2, 0) is 14.0 Å². The van der Waals surface area contributed by atoms with E-state index < -0.39 is 0 Å². The van der Waals surface area contributed by atoms with Crippen molar-refractivity contribution >= 4 is 69.2 Å². The molecule has 2 aromatic rings. The maximum Gasteiger partial charge on any atom is 0.256 e. The number of halogens is 2. The van der Waals surface area contributed by atoms with Crippen LogP contribution in [-0.4, -0.2) is 47.2 Å². The number of rotatable bonds is 7. The highest BCUT2D eigenvalue weighted by Crippen LogP contribution is 2.35. The van der Waals surface area contributed by atoms with Gasteiger partial charge in [-0.25, -0.2) is 0 Å². The van der Waals surface area contributed by atoms with E-state index in [1.807, 2.05) is 11.8 Å². The summed E-state index contributed by atoms with van der Waals surface area (Å²) in [5.41, 5.74) is 4.92. The van der Waals surface area contributed by atoms with E-state index in [9.17, 15) is 14.4 Å². The van der Waals surface area contributed by atoms with Crippen molar-refractivity contribution in [3.8, 4) is 0 Å². The van der Waals surface area contributed by atoms with Crippen LogP contribution in [0.15, 0.2) is 18.2 Å². The number of anilines is 1. The fourth-order valence-electron chi connectivity index (χ4n) is 4.51. The Morgan fingerprint density at radius 3 is 2.88 bits per heavy atom. The summed E-state index contributed by atoms with van der Waals surface area (Å²) in [4.78, 5) is 43.0. The van der Waals surface area contributed by atoms with Crippen molar-refractivity contribution in [1.82, 2.24) is 15.2 Å². The Hall–Kier alpha value is -2.33. The molecule has 2 aliphatic rings. The lowest BCUT2D eigenvalue weighted by Gasteiger charge is -2.20. The lowest BCUT2D eigenvalue weighted by molar-refractivity contribution is -0.130. The zero-order valence-corrected chi connectivity index (χ0v) is 22.0. The number of benzene rings is 1. The van der Waals surface area contributed by atoms with E-state index in [1.54, 1.807) is 24.3 Å². The fraction of sp³-hybridized carbons (Fsp3) is 0.400. The average Bonchev–Trinajstić information content (AvgIpc) is 3.20. The Bertz CT molecular complexity index is 1160.